The zero-order valence-corrected chi connectivity index (χ0v) is 16.9. The summed E-state index contributed by atoms with van der Waals surface area (Å²) in [5.41, 5.74) is 2.45. The molecule has 4 nitrogen and oxygen atoms in total. The number of hydrogen-bond acceptors (Lipinski definition) is 3. The number of hydrogen-bond donors (Lipinski definition) is 1. The lowest BCUT2D eigenvalue weighted by molar-refractivity contribution is 0.357. The van der Waals surface area contributed by atoms with Crippen molar-refractivity contribution in [3.63, 3.8) is 0 Å². The molecule has 0 radical (unpaired) electrons. The predicted molar refractivity (Wildman–Crippen MR) is 109 cm³/mol. The Morgan fingerprint density at radius 3 is 2.23 bits per heavy atom. The van der Waals surface area contributed by atoms with Gasteiger partial charge in [-0.25, -0.2) is 8.42 Å². The van der Waals surface area contributed by atoms with Gasteiger partial charge in [-0.15, -0.1) is 0 Å². The number of nitrogens with zero attached hydrogens (tertiary/aromatic N) is 1. The van der Waals surface area contributed by atoms with Crippen LogP contribution >= 0.6 is 11.6 Å². The van der Waals surface area contributed by atoms with E-state index in [0.29, 0.717) is 22.5 Å². The summed E-state index contributed by atoms with van der Waals surface area (Å²) in [4.78, 5) is 2.53. The topological polar surface area (TPSA) is 49.4 Å². The van der Waals surface area contributed by atoms with Gasteiger partial charge in [0, 0.05) is 13.1 Å². The highest BCUT2D eigenvalue weighted by molar-refractivity contribution is 7.92. The Morgan fingerprint density at radius 1 is 1.04 bits per heavy atom. The summed E-state index contributed by atoms with van der Waals surface area (Å²) in [6, 6.07) is 12.1. The number of aryl methyl sites for hydroxylation is 1. The summed E-state index contributed by atoms with van der Waals surface area (Å²) in [7, 11) is -3.62. The van der Waals surface area contributed by atoms with Crippen LogP contribution in [0.1, 0.15) is 25.8 Å². The Bertz CT molecular complexity index is 871. The quantitative estimate of drug-likeness (QED) is 0.802. The molecule has 0 spiro atoms. The zero-order valence-electron chi connectivity index (χ0n) is 15.4. The maximum absolute atomic E-state index is 12.5. The molecule has 0 aromatic heterocycles. The van der Waals surface area contributed by atoms with Crippen LogP contribution in [0.4, 0.5) is 11.4 Å². The van der Waals surface area contributed by atoms with Gasteiger partial charge in [-0.2, -0.15) is 0 Å². The van der Waals surface area contributed by atoms with E-state index in [1.165, 1.54) is 6.42 Å². The lowest BCUT2D eigenvalue weighted by Gasteiger charge is -2.37. The number of halogens is 1. The van der Waals surface area contributed by atoms with Crippen molar-refractivity contribution in [1.82, 2.24) is 0 Å². The van der Waals surface area contributed by atoms with Crippen molar-refractivity contribution < 1.29 is 8.42 Å². The molecule has 1 heterocycles. The molecule has 1 saturated heterocycles. The largest absolute Gasteiger partial charge is 0.370 e. The molecule has 0 bridgehead atoms. The van der Waals surface area contributed by atoms with Gasteiger partial charge in [-0.3, -0.25) is 4.72 Å². The predicted octanol–water partition coefficient (Wildman–Crippen LogP) is 4.93. The molecular weight excluding hydrogens is 368 g/mol. The second kappa shape index (κ2) is 7.49. The van der Waals surface area contributed by atoms with Gasteiger partial charge in [0.15, 0.2) is 0 Å². The summed E-state index contributed by atoms with van der Waals surface area (Å²) in [5, 5.41) is 0.565. The van der Waals surface area contributed by atoms with Crippen molar-refractivity contribution in [3.05, 3.63) is 53.1 Å². The number of anilines is 2. The molecule has 2 aromatic rings. The van der Waals surface area contributed by atoms with Crippen molar-refractivity contribution in [2.75, 3.05) is 22.7 Å². The van der Waals surface area contributed by atoms with Crippen LogP contribution in [0.25, 0.3) is 0 Å². The van der Waals surface area contributed by atoms with E-state index in [1.54, 1.807) is 36.4 Å². The molecule has 0 amide bonds. The molecule has 1 aliphatic rings. The fourth-order valence-electron chi connectivity index (χ4n) is 3.62. The third-order valence-corrected chi connectivity index (χ3v) is 6.44. The first-order chi connectivity index (χ1) is 12.2. The highest BCUT2D eigenvalue weighted by atomic mass is 35.5. The van der Waals surface area contributed by atoms with Crippen molar-refractivity contribution in [2.45, 2.75) is 32.1 Å². The van der Waals surface area contributed by atoms with Crippen molar-refractivity contribution in [2.24, 2.45) is 11.8 Å². The summed E-state index contributed by atoms with van der Waals surface area (Å²) in [6.07, 6.45) is 1.22. The fourth-order valence-corrected chi connectivity index (χ4v) is 4.97. The highest BCUT2D eigenvalue weighted by Crippen LogP contribution is 2.33. The van der Waals surface area contributed by atoms with Crippen LogP contribution in [0.15, 0.2) is 47.4 Å². The van der Waals surface area contributed by atoms with E-state index in [4.69, 9.17) is 11.6 Å². The normalized spacial score (nSPS) is 20.8. The van der Waals surface area contributed by atoms with Gasteiger partial charge >= 0.3 is 0 Å². The zero-order chi connectivity index (χ0) is 18.9. The van der Waals surface area contributed by atoms with Crippen LogP contribution in [-0.2, 0) is 10.0 Å². The van der Waals surface area contributed by atoms with Crippen LogP contribution in [0.2, 0.25) is 5.02 Å². The first kappa shape index (κ1) is 19.1. The van der Waals surface area contributed by atoms with Gasteiger partial charge in [0.1, 0.15) is 0 Å². The van der Waals surface area contributed by atoms with E-state index in [-0.39, 0.29) is 4.90 Å². The van der Waals surface area contributed by atoms with Crippen molar-refractivity contribution in [3.8, 4) is 0 Å². The van der Waals surface area contributed by atoms with Crippen LogP contribution in [-0.4, -0.2) is 21.5 Å². The van der Waals surface area contributed by atoms with Gasteiger partial charge in [-0.05, 0) is 55.5 Å². The molecule has 3 rings (SSSR count). The van der Waals surface area contributed by atoms with Gasteiger partial charge < -0.3 is 4.90 Å². The monoisotopic (exact) mass is 392 g/mol. The van der Waals surface area contributed by atoms with Gasteiger partial charge in [0.25, 0.3) is 10.0 Å². The minimum atomic E-state index is -3.62. The number of sulfonamides is 1. The van der Waals surface area contributed by atoms with E-state index in [9.17, 15) is 8.42 Å². The number of rotatable bonds is 4. The molecular formula is C20H25ClN2O2S. The lowest BCUT2D eigenvalue weighted by atomic mass is 9.91. The van der Waals surface area contributed by atoms with E-state index < -0.39 is 10.0 Å². The summed E-state index contributed by atoms with van der Waals surface area (Å²) < 4.78 is 27.7. The molecule has 1 N–H and O–H groups in total. The number of piperidine rings is 1. The van der Waals surface area contributed by atoms with Crippen LogP contribution in [0, 0.1) is 18.8 Å². The number of nitrogens with one attached hydrogen (secondary N) is 1. The SMILES string of the molecule is Cc1ccc(S(=O)(=O)Nc2ccc(N3CC(C)CC(C)C3)c(Cl)c2)cc1. The third kappa shape index (κ3) is 4.33. The fraction of sp³-hybridized carbons (Fsp3) is 0.400. The molecule has 1 aliphatic heterocycles. The van der Waals surface area contributed by atoms with Crippen LogP contribution in [0.3, 0.4) is 0 Å². The average molecular weight is 393 g/mol. The summed E-state index contributed by atoms with van der Waals surface area (Å²) >= 11 is 6.48. The molecule has 6 heteroatoms. The van der Waals surface area contributed by atoms with Gasteiger partial charge in [-0.1, -0.05) is 43.1 Å². The number of benzene rings is 2. The summed E-state index contributed by atoms with van der Waals surface area (Å²) in [5.74, 6) is 1.24. The Balaban J connectivity index is 1.80. The second-order valence-electron chi connectivity index (χ2n) is 7.44. The van der Waals surface area contributed by atoms with E-state index in [0.717, 1.165) is 24.3 Å². The van der Waals surface area contributed by atoms with E-state index in [2.05, 4.69) is 23.5 Å². The van der Waals surface area contributed by atoms with Crippen LogP contribution in [0.5, 0.6) is 0 Å². The Labute approximate surface area is 161 Å². The molecule has 0 aliphatic carbocycles. The summed E-state index contributed by atoms with van der Waals surface area (Å²) in [6.45, 7) is 8.36. The van der Waals surface area contributed by atoms with Gasteiger partial charge in [0.05, 0.1) is 21.3 Å². The Morgan fingerprint density at radius 2 is 1.65 bits per heavy atom. The van der Waals surface area contributed by atoms with Crippen LogP contribution < -0.4 is 9.62 Å². The minimum Gasteiger partial charge on any atom is -0.370 e. The standard InChI is InChI=1S/C20H25ClN2O2S/c1-14-4-7-18(8-5-14)26(24,25)22-17-6-9-20(19(21)11-17)23-12-15(2)10-16(3)13-23/h4-9,11,15-16,22H,10,12-13H2,1-3H3. The molecule has 2 unspecified atom stereocenters. The lowest BCUT2D eigenvalue weighted by Crippen LogP contribution is -2.38. The molecule has 2 aromatic carbocycles. The van der Waals surface area contributed by atoms with E-state index >= 15 is 0 Å². The minimum absolute atomic E-state index is 0.238. The van der Waals surface area contributed by atoms with Crippen molar-refractivity contribution in [1.29, 1.82) is 0 Å². The second-order valence-corrected chi connectivity index (χ2v) is 9.53. The maximum Gasteiger partial charge on any atom is 0.261 e. The molecule has 1 fully saturated rings. The first-order valence-electron chi connectivity index (χ1n) is 8.88. The first-order valence-corrected chi connectivity index (χ1v) is 10.7. The Hall–Kier alpha value is -1.72. The third-order valence-electron chi connectivity index (χ3n) is 4.74. The molecule has 140 valence electrons. The molecule has 26 heavy (non-hydrogen) atoms. The highest BCUT2D eigenvalue weighted by Gasteiger charge is 2.23. The maximum atomic E-state index is 12.5. The van der Waals surface area contributed by atoms with E-state index in [1.807, 2.05) is 13.0 Å². The van der Waals surface area contributed by atoms with Crippen molar-refractivity contribution >= 4 is 33.0 Å². The smallest absolute Gasteiger partial charge is 0.261 e. The van der Waals surface area contributed by atoms with Gasteiger partial charge in [0.2, 0.25) is 0 Å². The Kier molecular flexibility index (Phi) is 5.49. The molecule has 2 atom stereocenters. The molecule has 0 saturated carbocycles. The average Bonchev–Trinajstić information content (AvgIpc) is 2.54.